The highest BCUT2D eigenvalue weighted by Crippen LogP contribution is 2.11. The standard InChI is InChI=1S/C15H21NO3/c1-4-13(15(18)19)14(17)16-8-7-12-6-5-10(2)9-11(12)3/h5-6,9,13H,4,7-8H2,1-3H3,(H,16,17)(H,18,19). The summed E-state index contributed by atoms with van der Waals surface area (Å²) in [5.41, 5.74) is 3.58. The van der Waals surface area contributed by atoms with E-state index in [1.807, 2.05) is 26.0 Å². The predicted octanol–water partition coefficient (Wildman–Crippen LogP) is 2.07. The number of carbonyl (C=O) groups excluding carboxylic acids is 1. The monoisotopic (exact) mass is 263 g/mol. The van der Waals surface area contributed by atoms with E-state index in [9.17, 15) is 9.59 Å². The number of aliphatic carboxylic acids is 1. The number of hydrogen-bond donors (Lipinski definition) is 2. The second-order valence-corrected chi connectivity index (χ2v) is 4.77. The van der Waals surface area contributed by atoms with Crippen LogP contribution < -0.4 is 5.32 Å². The van der Waals surface area contributed by atoms with Gasteiger partial charge in [0, 0.05) is 6.54 Å². The van der Waals surface area contributed by atoms with Crippen LogP contribution in [0.15, 0.2) is 18.2 Å². The van der Waals surface area contributed by atoms with Crippen LogP contribution in [0, 0.1) is 19.8 Å². The smallest absolute Gasteiger partial charge is 0.316 e. The molecule has 1 amide bonds. The summed E-state index contributed by atoms with van der Waals surface area (Å²) in [5.74, 6) is -2.41. The van der Waals surface area contributed by atoms with Crippen molar-refractivity contribution in [1.82, 2.24) is 5.32 Å². The zero-order valence-corrected chi connectivity index (χ0v) is 11.7. The van der Waals surface area contributed by atoms with E-state index in [2.05, 4.69) is 11.4 Å². The fraction of sp³-hybridized carbons (Fsp3) is 0.467. The average Bonchev–Trinajstić information content (AvgIpc) is 2.32. The molecule has 0 aliphatic heterocycles. The average molecular weight is 263 g/mol. The van der Waals surface area contributed by atoms with Gasteiger partial charge in [0.05, 0.1) is 0 Å². The van der Waals surface area contributed by atoms with Gasteiger partial charge in [-0.15, -0.1) is 0 Å². The lowest BCUT2D eigenvalue weighted by atomic mass is 10.0. The molecule has 0 aliphatic rings. The number of carbonyl (C=O) groups is 2. The molecule has 0 radical (unpaired) electrons. The minimum absolute atomic E-state index is 0.310. The van der Waals surface area contributed by atoms with Crippen molar-refractivity contribution in [3.8, 4) is 0 Å². The zero-order chi connectivity index (χ0) is 14.4. The first-order chi connectivity index (χ1) is 8.95. The second-order valence-electron chi connectivity index (χ2n) is 4.77. The number of nitrogens with one attached hydrogen (secondary N) is 1. The van der Waals surface area contributed by atoms with Gasteiger partial charge in [-0.25, -0.2) is 0 Å². The molecule has 0 bridgehead atoms. The number of rotatable bonds is 6. The Morgan fingerprint density at radius 2 is 2.00 bits per heavy atom. The topological polar surface area (TPSA) is 66.4 Å². The van der Waals surface area contributed by atoms with Crippen LogP contribution in [0.1, 0.15) is 30.0 Å². The summed E-state index contributed by atoms with van der Waals surface area (Å²) >= 11 is 0. The van der Waals surface area contributed by atoms with E-state index in [1.165, 1.54) is 16.7 Å². The fourth-order valence-electron chi connectivity index (χ4n) is 2.04. The molecule has 1 aromatic rings. The number of benzene rings is 1. The maximum atomic E-state index is 11.7. The third-order valence-electron chi connectivity index (χ3n) is 3.21. The maximum absolute atomic E-state index is 11.7. The molecule has 4 heteroatoms. The van der Waals surface area contributed by atoms with Crippen molar-refractivity contribution in [3.05, 3.63) is 34.9 Å². The van der Waals surface area contributed by atoms with Crippen LogP contribution >= 0.6 is 0 Å². The van der Waals surface area contributed by atoms with Crippen LogP contribution in [0.3, 0.4) is 0 Å². The lowest BCUT2D eigenvalue weighted by molar-refractivity contribution is -0.147. The number of aryl methyl sites for hydroxylation is 2. The molecular formula is C15H21NO3. The summed E-state index contributed by atoms with van der Waals surface area (Å²) in [6.45, 7) is 6.24. The van der Waals surface area contributed by atoms with Gasteiger partial charge in [0.25, 0.3) is 0 Å². The van der Waals surface area contributed by atoms with E-state index in [-0.39, 0.29) is 0 Å². The third-order valence-corrected chi connectivity index (χ3v) is 3.21. The van der Waals surface area contributed by atoms with E-state index in [1.54, 1.807) is 6.92 Å². The second kappa shape index (κ2) is 6.92. The summed E-state index contributed by atoms with van der Waals surface area (Å²) in [6, 6.07) is 6.19. The van der Waals surface area contributed by atoms with Crippen LogP contribution in [0.2, 0.25) is 0 Å². The maximum Gasteiger partial charge on any atom is 0.316 e. The highest BCUT2D eigenvalue weighted by molar-refractivity contribution is 5.96. The van der Waals surface area contributed by atoms with Gasteiger partial charge in [0.1, 0.15) is 5.92 Å². The molecule has 0 saturated carbocycles. The first-order valence-electron chi connectivity index (χ1n) is 6.52. The van der Waals surface area contributed by atoms with Gasteiger partial charge in [-0.2, -0.15) is 0 Å². The van der Waals surface area contributed by atoms with Gasteiger partial charge in [-0.1, -0.05) is 30.7 Å². The lowest BCUT2D eigenvalue weighted by Crippen LogP contribution is -2.36. The van der Waals surface area contributed by atoms with Crippen molar-refractivity contribution in [3.63, 3.8) is 0 Å². The quantitative estimate of drug-likeness (QED) is 0.772. The Hall–Kier alpha value is -1.84. The van der Waals surface area contributed by atoms with Crippen molar-refractivity contribution in [1.29, 1.82) is 0 Å². The number of carboxylic acids is 1. The number of carboxylic acid groups (broad SMARTS) is 1. The van der Waals surface area contributed by atoms with E-state index in [0.29, 0.717) is 19.4 Å². The van der Waals surface area contributed by atoms with Crippen LogP contribution in [-0.2, 0) is 16.0 Å². The lowest BCUT2D eigenvalue weighted by Gasteiger charge is -2.11. The van der Waals surface area contributed by atoms with E-state index in [0.717, 1.165) is 0 Å². The highest BCUT2D eigenvalue weighted by atomic mass is 16.4. The van der Waals surface area contributed by atoms with E-state index in [4.69, 9.17) is 5.11 Å². The summed E-state index contributed by atoms with van der Waals surface area (Å²) in [6.07, 6.45) is 1.03. The van der Waals surface area contributed by atoms with Crippen molar-refractivity contribution < 1.29 is 14.7 Å². The molecule has 0 heterocycles. The molecule has 0 spiro atoms. The Morgan fingerprint density at radius 1 is 1.32 bits per heavy atom. The van der Waals surface area contributed by atoms with Gasteiger partial charge in [0.15, 0.2) is 0 Å². The van der Waals surface area contributed by atoms with Crippen molar-refractivity contribution in [2.45, 2.75) is 33.6 Å². The molecule has 1 aromatic carbocycles. The third kappa shape index (κ3) is 4.39. The molecule has 104 valence electrons. The zero-order valence-electron chi connectivity index (χ0n) is 11.7. The predicted molar refractivity (Wildman–Crippen MR) is 74.0 cm³/mol. The van der Waals surface area contributed by atoms with Crippen LogP contribution in [0.5, 0.6) is 0 Å². The van der Waals surface area contributed by atoms with E-state index < -0.39 is 17.8 Å². The molecule has 2 N–H and O–H groups in total. The molecule has 19 heavy (non-hydrogen) atoms. The van der Waals surface area contributed by atoms with Crippen molar-refractivity contribution >= 4 is 11.9 Å². The molecule has 4 nitrogen and oxygen atoms in total. The number of amides is 1. The summed E-state index contributed by atoms with van der Waals surface area (Å²) in [4.78, 5) is 22.5. The highest BCUT2D eigenvalue weighted by Gasteiger charge is 2.23. The SMILES string of the molecule is CCC(C(=O)O)C(=O)NCCc1ccc(C)cc1C. The first kappa shape index (κ1) is 15.2. The molecule has 1 unspecified atom stereocenters. The molecule has 0 aromatic heterocycles. The molecular weight excluding hydrogens is 242 g/mol. The Morgan fingerprint density at radius 3 is 2.53 bits per heavy atom. The summed E-state index contributed by atoms with van der Waals surface area (Å²) in [5, 5.41) is 11.6. The van der Waals surface area contributed by atoms with Gasteiger partial charge < -0.3 is 10.4 Å². The number of hydrogen-bond acceptors (Lipinski definition) is 2. The Kier molecular flexibility index (Phi) is 5.55. The first-order valence-corrected chi connectivity index (χ1v) is 6.52. The Labute approximate surface area is 113 Å². The molecule has 1 atom stereocenters. The molecule has 0 fully saturated rings. The largest absolute Gasteiger partial charge is 0.481 e. The van der Waals surface area contributed by atoms with Crippen LogP contribution in [0.4, 0.5) is 0 Å². The summed E-state index contributed by atoms with van der Waals surface area (Å²) in [7, 11) is 0. The van der Waals surface area contributed by atoms with Gasteiger partial charge in [0.2, 0.25) is 5.91 Å². The van der Waals surface area contributed by atoms with Crippen LogP contribution in [-0.4, -0.2) is 23.5 Å². The molecule has 0 aliphatic carbocycles. The fourth-order valence-corrected chi connectivity index (χ4v) is 2.04. The minimum Gasteiger partial charge on any atom is -0.481 e. The van der Waals surface area contributed by atoms with Gasteiger partial charge in [-0.3, -0.25) is 9.59 Å². The normalized spacial score (nSPS) is 11.9. The Bertz CT molecular complexity index is 468. The summed E-state index contributed by atoms with van der Waals surface area (Å²) < 4.78 is 0. The van der Waals surface area contributed by atoms with E-state index >= 15 is 0 Å². The Balaban J connectivity index is 2.50. The van der Waals surface area contributed by atoms with Gasteiger partial charge in [-0.05, 0) is 37.8 Å². The van der Waals surface area contributed by atoms with Crippen molar-refractivity contribution in [2.75, 3.05) is 6.54 Å². The molecule has 0 saturated heterocycles. The molecule has 1 rings (SSSR count). The van der Waals surface area contributed by atoms with Gasteiger partial charge >= 0.3 is 5.97 Å². The minimum atomic E-state index is -1.06. The van der Waals surface area contributed by atoms with Crippen molar-refractivity contribution in [2.24, 2.45) is 5.92 Å². The van der Waals surface area contributed by atoms with Crippen LogP contribution in [0.25, 0.3) is 0 Å².